The fourth-order valence-electron chi connectivity index (χ4n) is 6.11. The summed E-state index contributed by atoms with van der Waals surface area (Å²) in [4.78, 5) is 53.9. The average molecular weight is 685 g/mol. The second-order valence-electron chi connectivity index (χ2n) is 13.0. The van der Waals surface area contributed by atoms with Crippen molar-refractivity contribution in [1.82, 2.24) is 20.7 Å². The van der Waals surface area contributed by atoms with E-state index in [4.69, 9.17) is 5.26 Å². The Labute approximate surface area is 283 Å². The van der Waals surface area contributed by atoms with Gasteiger partial charge in [0.15, 0.2) is 0 Å². The lowest BCUT2D eigenvalue weighted by Crippen LogP contribution is -2.57. The SMILES string of the molecule is CCC(=O)N[C@@H](C(=O)N1CCC(C)(O)CC1)[C@@H](C)c1ccc(NC(=O)N(NC(=O)C(F)(F)c2cccc(C#N)c2)C2CCCCC2)c(F)c1. The number of nitrogens with zero attached hydrogens (tertiary/aromatic N) is 3. The van der Waals surface area contributed by atoms with Crippen LogP contribution in [0.3, 0.4) is 0 Å². The molecule has 0 spiro atoms. The Morgan fingerprint density at radius 3 is 2.39 bits per heavy atom. The van der Waals surface area contributed by atoms with Gasteiger partial charge in [-0.3, -0.25) is 19.8 Å². The summed E-state index contributed by atoms with van der Waals surface area (Å²) in [5.41, 5.74) is 0.433. The highest BCUT2D eigenvalue weighted by Crippen LogP contribution is 2.31. The lowest BCUT2D eigenvalue weighted by Gasteiger charge is -2.38. The first-order valence-corrected chi connectivity index (χ1v) is 16.6. The molecule has 0 bridgehead atoms. The molecule has 14 heteroatoms. The van der Waals surface area contributed by atoms with E-state index in [-0.39, 0.29) is 29.5 Å². The summed E-state index contributed by atoms with van der Waals surface area (Å²) < 4.78 is 46.1. The van der Waals surface area contributed by atoms with Crippen molar-refractivity contribution in [3.63, 3.8) is 0 Å². The summed E-state index contributed by atoms with van der Waals surface area (Å²) >= 11 is 0. The van der Waals surface area contributed by atoms with Crippen molar-refractivity contribution < 1.29 is 37.5 Å². The third-order valence-corrected chi connectivity index (χ3v) is 9.34. The maximum absolute atomic E-state index is 15.6. The molecule has 2 aromatic carbocycles. The Balaban J connectivity index is 1.53. The van der Waals surface area contributed by atoms with Crippen LogP contribution in [0.1, 0.15) is 94.7 Å². The van der Waals surface area contributed by atoms with Crippen LogP contribution < -0.4 is 16.1 Å². The topological polar surface area (TPSA) is 155 Å². The van der Waals surface area contributed by atoms with Gasteiger partial charge < -0.3 is 20.6 Å². The van der Waals surface area contributed by atoms with Gasteiger partial charge in [0.25, 0.3) is 0 Å². The Morgan fingerprint density at radius 2 is 1.78 bits per heavy atom. The molecule has 0 aromatic heterocycles. The predicted octanol–water partition coefficient (Wildman–Crippen LogP) is 5.06. The summed E-state index contributed by atoms with van der Waals surface area (Å²) in [6.07, 6.45) is 3.96. The monoisotopic (exact) mass is 684 g/mol. The summed E-state index contributed by atoms with van der Waals surface area (Å²) in [6.45, 7) is 5.60. The van der Waals surface area contributed by atoms with Crippen molar-refractivity contribution in [3.8, 4) is 6.07 Å². The maximum Gasteiger partial charge on any atom is 0.351 e. The number of benzene rings is 2. The number of hydrogen-bond acceptors (Lipinski definition) is 6. The largest absolute Gasteiger partial charge is 0.390 e. The molecule has 0 radical (unpaired) electrons. The van der Waals surface area contributed by atoms with Gasteiger partial charge in [0.2, 0.25) is 11.8 Å². The summed E-state index contributed by atoms with van der Waals surface area (Å²) in [6, 6.07) is 7.40. The number of nitrogens with one attached hydrogen (secondary N) is 3. The van der Waals surface area contributed by atoms with Crippen LogP contribution in [0.2, 0.25) is 0 Å². The molecule has 2 atom stereocenters. The quantitative estimate of drug-likeness (QED) is 0.271. The average Bonchev–Trinajstić information content (AvgIpc) is 3.09. The van der Waals surface area contributed by atoms with Gasteiger partial charge in [-0.1, -0.05) is 51.3 Å². The number of aliphatic hydroxyl groups is 1. The number of alkyl halides is 2. The van der Waals surface area contributed by atoms with Gasteiger partial charge in [-0.25, -0.2) is 14.2 Å². The first kappa shape index (κ1) is 37.2. The van der Waals surface area contributed by atoms with E-state index < -0.39 is 52.8 Å². The Hall–Kier alpha value is -4.64. The standard InChI is InChI=1S/C35H43F3N6O5/c1-4-29(45)41-30(31(46)43-17-15-34(3,49)16-18-43)22(2)24-13-14-28(27(36)20-24)40-33(48)44(26-11-6-5-7-12-26)42-32(47)35(37,38)25-10-8-9-23(19-25)21-39/h8-10,13-14,19-20,22,26,30,49H,4-7,11-12,15-18H2,1-3H3,(H,40,48)(H,41,45)(H,42,47)/t22-,30+/m0/s1. The molecule has 1 aliphatic heterocycles. The Bertz CT molecular complexity index is 1580. The molecule has 0 unspecified atom stereocenters. The molecule has 2 aromatic rings. The van der Waals surface area contributed by atoms with Crippen LogP contribution in [0.5, 0.6) is 0 Å². The molecule has 1 saturated carbocycles. The van der Waals surface area contributed by atoms with Gasteiger partial charge in [-0.15, -0.1) is 0 Å². The highest BCUT2D eigenvalue weighted by Gasteiger charge is 2.44. The minimum Gasteiger partial charge on any atom is -0.390 e. The van der Waals surface area contributed by atoms with Crippen LogP contribution >= 0.6 is 0 Å². The number of nitriles is 1. The van der Waals surface area contributed by atoms with Gasteiger partial charge in [0, 0.05) is 31.0 Å². The normalized spacial score (nSPS) is 17.6. The van der Waals surface area contributed by atoms with Gasteiger partial charge in [0.05, 0.1) is 29.0 Å². The van der Waals surface area contributed by atoms with E-state index in [0.717, 1.165) is 29.6 Å². The number of hydrazine groups is 1. The number of rotatable bonds is 9. The molecular formula is C35H43F3N6O5. The molecule has 4 rings (SSSR count). The van der Waals surface area contributed by atoms with E-state index in [1.807, 2.05) is 5.43 Å². The van der Waals surface area contributed by atoms with Crippen molar-refractivity contribution in [1.29, 1.82) is 5.26 Å². The van der Waals surface area contributed by atoms with E-state index in [1.54, 1.807) is 31.7 Å². The van der Waals surface area contributed by atoms with Crippen LogP contribution in [-0.4, -0.2) is 69.5 Å². The van der Waals surface area contributed by atoms with Crippen LogP contribution in [0.4, 0.5) is 23.7 Å². The number of halogens is 3. The number of amides is 5. The lowest BCUT2D eigenvalue weighted by atomic mass is 9.89. The molecule has 264 valence electrons. The summed E-state index contributed by atoms with van der Waals surface area (Å²) in [5.74, 6) is -8.17. The van der Waals surface area contributed by atoms with Crippen LogP contribution in [0.25, 0.3) is 0 Å². The number of anilines is 1. The molecule has 2 fully saturated rings. The zero-order chi connectivity index (χ0) is 35.9. The number of urea groups is 1. The molecule has 5 amide bonds. The Morgan fingerprint density at radius 1 is 1.10 bits per heavy atom. The van der Waals surface area contributed by atoms with Gasteiger partial charge in [-0.05, 0) is 62.4 Å². The first-order valence-electron chi connectivity index (χ1n) is 16.6. The molecule has 1 aliphatic carbocycles. The van der Waals surface area contributed by atoms with E-state index in [2.05, 4.69) is 10.6 Å². The van der Waals surface area contributed by atoms with Crippen molar-refractivity contribution >= 4 is 29.4 Å². The van der Waals surface area contributed by atoms with Gasteiger partial charge in [-0.2, -0.15) is 14.0 Å². The number of carbonyl (C=O) groups is 4. The predicted molar refractivity (Wildman–Crippen MR) is 174 cm³/mol. The number of piperidine rings is 1. The highest BCUT2D eigenvalue weighted by atomic mass is 19.3. The molecule has 49 heavy (non-hydrogen) atoms. The summed E-state index contributed by atoms with van der Waals surface area (Å²) in [5, 5.41) is 25.3. The molecule has 1 saturated heterocycles. The zero-order valence-electron chi connectivity index (χ0n) is 27.9. The van der Waals surface area contributed by atoms with E-state index in [9.17, 15) is 24.3 Å². The molecular weight excluding hydrogens is 641 g/mol. The van der Waals surface area contributed by atoms with Crippen LogP contribution in [0, 0.1) is 17.1 Å². The lowest BCUT2D eigenvalue weighted by molar-refractivity contribution is -0.152. The van der Waals surface area contributed by atoms with Gasteiger partial charge in [0.1, 0.15) is 11.9 Å². The number of likely N-dealkylation sites (tertiary alicyclic amines) is 1. The van der Waals surface area contributed by atoms with Crippen molar-refractivity contribution in [2.45, 2.75) is 102 Å². The third kappa shape index (κ3) is 9.08. The molecule has 11 nitrogen and oxygen atoms in total. The second-order valence-corrected chi connectivity index (χ2v) is 13.0. The fraction of sp³-hybridized carbons (Fsp3) is 0.514. The zero-order valence-corrected chi connectivity index (χ0v) is 27.9. The van der Waals surface area contributed by atoms with Gasteiger partial charge >= 0.3 is 17.9 Å². The van der Waals surface area contributed by atoms with E-state index >= 15 is 13.2 Å². The minimum atomic E-state index is -4.09. The maximum atomic E-state index is 15.6. The summed E-state index contributed by atoms with van der Waals surface area (Å²) in [7, 11) is 0. The van der Waals surface area contributed by atoms with E-state index in [1.165, 1.54) is 24.3 Å². The Kier molecular flexibility index (Phi) is 11.9. The fourth-order valence-corrected chi connectivity index (χ4v) is 6.11. The molecule has 2 aliphatic rings. The number of carbonyl (C=O) groups excluding carboxylic acids is 4. The third-order valence-electron chi connectivity index (χ3n) is 9.34. The van der Waals surface area contributed by atoms with Crippen LogP contribution in [-0.2, 0) is 20.3 Å². The van der Waals surface area contributed by atoms with Crippen LogP contribution in [0.15, 0.2) is 42.5 Å². The van der Waals surface area contributed by atoms with E-state index in [0.29, 0.717) is 57.2 Å². The molecule has 1 heterocycles. The number of hydrogen-bond donors (Lipinski definition) is 4. The second kappa shape index (κ2) is 15.7. The minimum absolute atomic E-state index is 0.0655. The van der Waals surface area contributed by atoms with Crippen molar-refractivity contribution in [2.24, 2.45) is 0 Å². The van der Waals surface area contributed by atoms with Crippen molar-refractivity contribution in [3.05, 3.63) is 65.0 Å². The molecule has 4 N–H and O–H groups in total. The first-order chi connectivity index (χ1) is 23.2. The highest BCUT2D eigenvalue weighted by molar-refractivity contribution is 5.93. The smallest absolute Gasteiger partial charge is 0.351 e. The van der Waals surface area contributed by atoms with Crippen molar-refractivity contribution in [2.75, 3.05) is 18.4 Å².